The normalized spacial score (nSPS) is 21.9. The number of anilines is 1. The van der Waals surface area contributed by atoms with Crippen LogP contribution in [0.5, 0.6) is 0 Å². The highest BCUT2D eigenvalue weighted by Gasteiger charge is 2.42. The lowest BCUT2D eigenvalue weighted by Gasteiger charge is -2.40. The molecule has 0 bridgehead atoms. The Balaban J connectivity index is 2.03. The molecule has 0 amide bonds. The topological polar surface area (TPSA) is 72.9 Å². The number of nitrogens with two attached hydrogens (primary N) is 1. The summed E-state index contributed by atoms with van der Waals surface area (Å²) in [6, 6.07) is 0.178. The molecule has 5 heteroatoms. The van der Waals surface area contributed by atoms with Gasteiger partial charge in [0.2, 0.25) is 0 Å². The molecule has 19 heavy (non-hydrogen) atoms. The highest BCUT2D eigenvalue weighted by Crippen LogP contribution is 2.44. The van der Waals surface area contributed by atoms with E-state index in [2.05, 4.69) is 10.4 Å². The Morgan fingerprint density at radius 1 is 1.32 bits per heavy atom. The standard InChI is InChI=1S/C14H22N4O/c1-9(2)18-12-10(13(15)17-18)7-14(8-11(12)19)3-5-16-6-4-14/h9,16H,3-8H2,1-2H3,(H2,15,17). The molecule has 1 spiro atoms. The van der Waals surface area contributed by atoms with Crippen LogP contribution in [0.4, 0.5) is 5.82 Å². The molecule has 5 nitrogen and oxygen atoms in total. The number of hydrogen-bond donors (Lipinski definition) is 2. The molecule has 2 aliphatic rings. The molecule has 2 heterocycles. The molecule has 1 saturated heterocycles. The Labute approximate surface area is 113 Å². The quantitative estimate of drug-likeness (QED) is 0.805. The number of fused-ring (bicyclic) bond motifs is 1. The van der Waals surface area contributed by atoms with Crippen molar-refractivity contribution in [1.82, 2.24) is 15.1 Å². The van der Waals surface area contributed by atoms with Gasteiger partial charge in [-0.3, -0.25) is 9.48 Å². The number of ketones is 1. The van der Waals surface area contributed by atoms with E-state index >= 15 is 0 Å². The van der Waals surface area contributed by atoms with Gasteiger partial charge >= 0.3 is 0 Å². The Morgan fingerprint density at radius 2 is 2.00 bits per heavy atom. The second-order valence-electron chi connectivity index (χ2n) is 6.28. The van der Waals surface area contributed by atoms with Crippen molar-refractivity contribution in [3.63, 3.8) is 0 Å². The molecule has 0 radical (unpaired) electrons. The lowest BCUT2D eigenvalue weighted by atomic mass is 9.67. The van der Waals surface area contributed by atoms with Crippen LogP contribution in [0, 0.1) is 5.41 Å². The molecule has 3 rings (SSSR count). The molecule has 1 aliphatic carbocycles. The number of hydrogen-bond acceptors (Lipinski definition) is 4. The number of Topliss-reactive ketones (excluding diaryl/α,β-unsaturated/α-hetero) is 1. The van der Waals surface area contributed by atoms with E-state index in [0.717, 1.165) is 43.6 Å². The summed E-state index contributed by atoms with van der Waals surface area (Å²) in [6.45, 7) is 6.07. The lowest BCUT2D eigenvalue weighted by molar-refractivity contribution is 0.0822. The van der Waals surface area contributed by atoms with Gasteiger partial charge in [-0.25, -0.2) is 0 Å². The molecule has 0 unspecified atom stereocenters. The van der Waals surface area contributed by atoms with E-state index in [1.54, 1.807) is 4.68 Å². The summed E-state index contributed by atoms with van der Waals surface area (Å²) in [7, 11) is 0. The summed E-state index contributed by atoms with van der Waals surface area (Å²) in [6.07, 6.45) is 3.68. The first-order chi connectivity index (χ1) is 9.02. The van der Waals surface area contributed by atoms with Crippen LogP contribution in [0.3, 0.4) is 0 Å². The number of nitrogens with zero attached hydrogens (tertiary/aromatic N) is 2. The zero-order valence-electron chi connectivity index (χ0n) is 11.7. The third-order valence-corrected chi connectivity index (χ3v) is 4.54. The fourth-order valence-corrected chi connectivity index (χ4v) is 3.50. The van der Waals surface area contributed by atoms with E-state index in [0.29, 0.717) is 12.2 Å². The van der Waals surface area contributed by atoms with Crippen molar-refractivity contribution in [3.8, 4) is 0 Å². The minimum absolute atomic E-state index is 0.119. The van der Waals surface area contributed by atoms with Crippen molar-refractivity contribution in [2.45, 2.75) is 45.6 Å². The Hall–Kier alpha value is -1.36. The van der Waals surface area contributed by atoms with Crippen LogP contribution in [-0.2, 0) is 6.42 Å². The maximum Gasteiger partial charge on any atom is 0.181 e. The van der Waals surface area contributed by atoms with E-state index in [-0.39, 0.29) is 17.2 Å². The van der Waals surface area contributed by atoms with Crippen molar-refractivity contribution in [2.24, 2.45) is 5.41 Å². The fraction of sp³-hybridized carbons (Fsp3) is 0.714. The number of aromatic nitrogens is 2. The summed E-state index contributed by atoms with van der Waals surface area (Å²) in [4.78, 5) is 12.6. The first-order valence-corrected chi connectivity index (χ1v) is 7.13. The first kappa shape index (κ1) is 12.7. The van der Waals surface area contributed by atoms with E-state index in [1.165, 1.54) is 0 Å². The number of piperidine rings is 1. The zero-order valence-corrected chi connectivity index (χ0v) is 11.7. The molecule has 0 atom stereocenters. The highest BCUT2D eigenvalue weighted by molar-refractivity contribution is 5.98. The molecule has 104 valence electrons. The van der Waals surface area contributed by atoms with Crippen LogP contribution in [0.15, 0.2) is 0 Å². The third-order valence-electron chi connectivity index (χ3n) is 4.54. The van der Waals surface area contributed by atoms with Gasteiger partial charge in [-0.15, -0.1) is 0 Å². The van der Waals surface area contributed by atoms with Gasteiger partial charge in [0.1, 0.15) is 11.5 Å². The van der Waals surface area contributed by atoms with Crippen molar-refractivity contribution in [3.05, 3.63) is 11.3 Å². The van der Waals surface area contributed by atoms with Crippen LogP contribution in [-0.4, -0.2) is 28.7 Å². The fourth-order valence-electron chi connectivity index (χ4n) is 3.50. The molecule has 1 aromatic heterocycles. The number of nitrogen functional groups attached to an aromatic ring is 1. The Bertz CT molecular complexity index is 512. The average Bonchev–Trinajstić information content (AvgIpc) is 2.68. The molecule has 1 aromatic rings. The van der Waals surface area contributed by atoms with Crippen molar-refractivity contribution < 1.29 is 4.79 Å². The van der Waals surface area contributed by atoms with Crippen molar-refractivity contribution in [2.75, 3.05) is 18.8 Å². The van der Waals surface area contributed by atoms with E-state index in [1.807, 2.05) is 13.8 Å². The lowest BCUT2D eigenvalue weighted by Crippen LogP contribution is -2.42. The van der Waals surface area contributed by atoms with Crippen LogP contribution in [0.2, 0.25) is 0 Å². The molecular formula is C14H22N4O. The number of carbonyl (C=O) groups excluding carboxylic acids is 1. The van der Waals surface area contributed by atoms with Crippen LogP contribution in [0.1, 0.15) is 55.2 Å². The van der Waals surface area contributed by atoms with Crippen LogP contribution in [0.25, 0.3) is 0 Å². The summed E-state index contributed by atoms with van der Waals surface area (Å²) >= 11 is 0. The van der Waals surface area contributed by atoms with E-state index < -0.39 is 0 Å². The van der Waals surface area contributed by atoms with Crippen LogP contribution < -0.4 is 11.1 Å². The van der Waals surface area contributed by atoms with Gasteiger partial charge in [0.15, 0.2) is 5.78 Å². The van der Waals surface area contributed by atoms with E-state index in [4.69, 9.17) is 5.73 Å². The molecule has 3 N–H and O–H groups in total. The van der Waals surface area contributed by atoms with Crippen LogP contribution >= 0.6 is 0 Å². The highest BCUT2D eigenvalue weighted by atomic mass is 16.1. The number of nitrogens with one attached hydrogen (secondary N) is 1. The summed E-state index contributed by atoms with van der Waals surface area (Å²) in [5, 5.41) is 7.75. The maximum atomic E-state index is 12.6. The minimum atomic E-state index is 0.119. The molecular weight excluding hydrogens is 240 g/mol. The molecule has 0 aromatic carbocycles. The van der Waals surface area contributed by atoms with Gasteiger partial charge in [-0.1, -0.05) is 0 Å². The zero-order chi connectivity index (χ0) is 13.6. The predicted molar refractivity (Wildman–Crippen MR) is 74.2 cm³/mol. The first-order valence-electron chi connectivity index (χ1n) is 7.13. The van der Waals surface area contributed by atoms with Gasteiger partial charge in [-0.2, -0.15) is 5.10 Å². The van der Waals surface area contributed by atoms with Crippen molar-refractivity contribution in [1.29, 1.82) is 0 Å². The largest absolute Gasteiger partial charge is 0.382 e. The minimum Gasteiger partial charge on any atom is -0.382 e. The SMILES string of the molecule is CC(C)n1nc(N)c2c1C(=O)CC1(CCNCC1)C2. The molecule has 1 fully saturated rings. The number of carbonyl (C=O) groups is 1. The summed E-state index contributed by atoms with van der Waals surface area (Å²) in [5.74, 6) is 0.774. The summed E-state index contributed by atoms with van der Waals surface area (Å²) in [5.41, 5.74) is 7.92. The molecule has 1 aliphatic heterocycles. The predicted octanol–water partition coefficient (Wildman–Crippen LogP) is 1.54. The number of rotatable bonds is 1. The van der Waals surface area contributed by atoms with E-state index in [9.17, 15) is 4.79 Å². The Kier molecular flexibility index (Phi) is 2.89. The van der Waals surface area contributed by atoms with Gasteiger partial charge < -0.3 is 11.1 Å². The van der Waals surface area contributed by atoms with Gasteiger partial charge in [0.25, 0.3) is 0 Å². The maximum absolute atomic E-state index is 12.6. The van der Waals surface area contributed by atoms with Gasteiger partial charge in [0, 0.05) is 18.0 Å². The summed E-state index contributed by atoms with van der Waals surface area (Å²) < 4.78 is 1.81. The van der Waals surface area contributed by atoms with Crippen molar-refractivity contribution >= 4 is 11.6 Å². The smallest absolute Gasteiger partial charge is 0.181 e. The Morgan fingerprint density at radius 3 is 2.63 bits per heavy atom. The molecule has 0 saturated carbocycles. The van der Waals surface area contributed by atoms with Gasteiger partial charge in [-0.05, 0) is 51.6 Å². The van der Waals surface area contributed by atoms with Gasteiger partial charge in [0.05, 0.1) is 0 Å². The monoisotopic (exact) mass is 262 g/mol. The second kappa shape index (κ2) is 4.34. The third kappa shape index (κ3) is 1.96. The average molecular weight is 262 g/mol. The second-order valence-corrected chi connectivity index (χ2v) is 6.28.